The van der Waals surface area contributed by atoms with Crippen molar-refractivity contribution in [1.82, 2.24) is 19.9 Å². The number of sulfone groups is 1. The van der Waals surface area contributed by atoms with Crippen LogP contribution in [-0.2, 0) is 20.3 Å². The minimum absolute atomic E-state index is 0.0622. The fourth-order valence-corrected chi connectivity index (χ4v) is 7.44. The molecular formula is C36H40FN5O5S. The second-order valence-corrected chi connectivity index (χ2v) is 15.3. The maximum Gasteiger partial charge on any atom is 0.410 e. The molecule has 3 heterocycles. The number of nitrogens with zero attached hydrogens (tertiary/aromatic N) is 4. The molecule has 0 bridgehead atoms. The molecule has 2 aromatic heterocycles. The number of rotatable bonds is 8. The molecule has 252 valence electrons. The van der Waals surface area contributed by atoms with E-state index in [0.29, 0.717) is 46.8 Å². The Morgan fingerprint density at radius 1 is 1.06 bits per heavy atom. The van der Waals surface area contributed by atoms with Crippen LogP contribution in [0.5, 0.6) is 11.6 Å². The second kappa shape index (κ2) is 13.5. The normalized spacial score (nSPS) is 16.7. The van der Waals surface area contributed by atoms with Crippen molar-refractivity contribution in [2.75, 3.05) is 18.4 Å². The van der Waals surface area contributed by atoms with Crippen LogP contribution < -0.4 is 10.1 Å². The molecule has 48 heavy (non-hydrogen) atoms. The first-order chi connectivity index (χ1) is 22.8. The highest BCUT2D eigenvalue weighted by Crippen LogP contribution is 2.39. The first kappa shape index (κ1) is 33.3. The zero-order valence-corrected chi connectivity index (χ0v) is 28.4. The van der Waals surface area contributed by atoms with Gasteiger partial charge in [0.2, 0.25) is 11.8 Å². The number of anilines is 1. The molecule has 1 atom stereocenters. The average molecular weight is 674 g/mol. The first-order valence-corrected chi connectivity index (χ1v) is 17.9. The standard InChI is InChI=1S/C36H40FN5O5S/c1-23-12-13-26-27(14-15-30(37)29(26)22-48(44,45)21-24-8-5-9-24)32(23)46-33-28(11-6-17-38-33)31-16-18-39-34(41-31)40-25-10-7-19-42(20-25)35(43)47-36(2,3)4/h6,11-18,21,25H,5,7-10,19-20,22H2,1-4H3,(H,39,40,41)/t25-/m0/s1. The molecule has 0 radical (unpaired) electrons. The van der Waals surface area contributed by atoms with Gasteiger partial charge in [0.1, 0.15) is 17.2 Å². The van der Waals surface area contributed by atoms with Gasteiger partial charge >= 0.3 is 6.09 Å². The van der Waals surface area contributed by atoms with E-state index >= 15 is 4.39 Å². The number of carbonyl (C=O) groups excluding carboxylic acids is 1. The van der Waals surface area contributed by atoms with Crippen molar-refractivity contribution in [3.8, 4) is 22.9 Å². The highest BCUT2D eigenvalue weighted by molar-refractivity contribution is 7.93. The van der Waals surface area contributed by atoms with Gasteiger partial charge < -0.3 is 19.7 Å². The third kappa shape index (κ3) is 7.75. The fourth-order valence-electron chi connectivity index (χ4n) is 5.91. The monoisotopic (exact) mass is 673 g/mol. The van der Waals surface area contributed by atoms with Gasteiger partial charge in [0, 0.05) is 47.9 Å². The summed E-state index contributed by atoms with van der Waals surface area (Å²) in [5.74, 6) is 0.0991. The number of amides is 1. The molecule has 0 unspecified atom stereocenters. The van der Waals surface area contributed by atoms with Crippen molar-refractivity contribution in [2.24, 2.45) is 0 Å². The van der Waals surface area contributed by atoms with Crippen molar-refractivity contribution >= 4 is 32.7 Å². The van der Waals surface area contributed by atoms with Crippen molar-refractivity contribution in [3.63, 3.8) is 0 Å². The van der Waals surface area contributed by atoms with E-state index in [0.717, 1.165) is 43.2 Å². The molecule has 2 aliphatic rings. The molecule has 6 rings (SSSR count). The zero-order chi connectivity index (χ0) is 34.1. The minimum Gasteiger partial charge on any atom is -0.444 e. The third-order valence-electron chi connectivity index (χ3n) is 8.40. The molecule has 1 aliphatic carbocycles. The smallest absolute Gasteiger partial charge is 0.410 e. The molecule has 12 heteroatoms. The lowest BCUT2D eigenvalue weighted by atomic mass is 9.95. The predicted molar refractivity (Wildman–Crippen MR) is 183 cm³/mol. The fraction of sp³-hybridized carbons (Fsp3) is 0.389. The number of fused-ring (bicyclic) bond motifs is 1. The maximum absolute atomic E-state index is 15.2. The van der Waals surface area contributed by atoms with Gasteiger partial charge in [0.05, 0.1) is 17.0 Å². The van der Waals surface area contributed by atoms with E-state index in [1.165, 1.54) is 11.5 Å². The number of nitrogens with one attached hydrogen (secondary N) is 1. The number of benzene rings is 2. The van der Waals surface area contributed by atoms with E-state index < -0.39 is 27.0 Å². The van der Waals surface area contributed by atoms with Crippen LogP contribution in [0.3, 0.4) is 0 Å². The molecule has 0 spiro atoms. The Kier molecular flexibility index (Phi) is 9.37. The Hall–Kier alpha value is -4.58. The van der Waals surface area contributed by atoms with Crippen LogP contribution in [-0.4, -0.2) is 59.1 Å². The Labute approximate surface area is 280 Å². The van der Waals surface area contributed by atoms with Crippen molar-refractivity contribution in [3.05, 3.63) is 82.8 Å². The van der Waals surface area contributed by atoms with Gasteiger partial charge in [-0.15, -0.1) is 0 Å². The van der Waals surface area contributed by atoms with E-state index in [-0.39, 0.29) is 23.6 Å². The van der Waals surface area contributed by atoms with Gasteiger partial charge in [-0.25, -0.2) is 32.6 Å². The number of aryl methyl sites for hydroxylation is 1. The number of hydrogen-bond donors (Lipinski definition) is 1. The van der Waals surface area contributed by atoms with E-state index in [1.54, 1.807) is 47.6 Å². The number of carbonyl (C=O) groups is 1. The number of likely N-dealkylation sites (tertiary alicyclic amines) is 1. The van der Waals surface area contributed by atoms with Crippen LogP contribution in [0.15, 0.2) is 65.8 Å². The lowest BCUT2D eigenvalue weighted by Gasteiger charge is -2.34. The highest BCUT2D eigenvalue weighted by atomic mass is 32.2. The summed E-state index contributed by atoms with van der Waals surface area (Å²) in [6, 6.07) is 11.7. The molecule has 1 amide bonds. The summed E-state index contributed by atoms with van der Waals surface area (Å²) in [5.41, 5.74) is 2.35. The molecule has 1 saturated heterocycles. The van der Waals surface area contributed by atoms with Crippen molar-refractivity contribution < 1.29 is 27.1 Å². The molecule has 2 aromatic carbocycles. The van der Waals surface area contributed by atoms with Gasteiger partial charge in [-0.2, -0.15) is 0 Å². The van der Waals surface area contributed by atoms with E-state index in [9.17, 15) is 13.2 Å². The number of allylic oxidation sites excluding steroid dienone is 1. The highest BCUT2D eigenvalue weighted by Gasteiger charge is 2.28. The number of hydrogen-bond acceptors (Lipinski definition) is 9. The van der Waals surface area contributed by atoms with Gasteiger partial charge in [-0.1, -0.05) is 17.7 Å². The van der Waals surface area contributed by atoms with Gasteiger partial charge in [-0.05, 0) is 101 Å². The summed E-state index contributed by atoms with van der Waals surface area (Å²) in [6.45, 7) is 8.51. The quantitative estimate of drug-likeness (QED) is 0.200. The Balaban J connectivity index is 1.26. The summed E-state index contributed by atoms with van der Waals surface area (Å²) in [4.78, 5) is 28.1. The topological polar surface area (TPSA) is 124 Å². The molecule has 10 nitrogen and oxygen atoms in total. The zero-order valence-electron chi connectivity index (χ0n) is 27.6. The summed E-state index contributed by atoms with van der Waals surface area (Å²) < 4.78 is 53.1. The molecule has 1 aliphatic heterocycles. The third-order valence-corrected chi connectivity index (χ3v) is 9.78. The largest absolute Gasteiger partial charge is 0.444 e. The summed E-state index contributed by atoms with van der Waals surface area (Å²) in [6.07, 6.45) is 7.07. The molecule has 2 fully saturated rings. The van der Waals surface area contributed by atoms with Crippen LogP contribution >= 0.6 is 0 Å². The van der Waals surface area contributed by atoms with Crippen molar-refractivity contribution in [1.29, 1.82) is 0 Å². The number of pyridine rings is 1. The maximum atomic E-state index is 15.2. The average Bonchev–Trinajstić information content (AvgIpc) is 3.01. The van der Waals surface area contributed by atoms with E-state index in [2.05, 4.69) is 15.3 Å². The van der Waals surface area contributed by atoms with Gasteiger partial charge in [-0.3, -0.25) is 0 Å². The SMILES string of the molecule is Cc1ccc2c(CS(=O)(=O)C=C3CCC3)c(F)ccc2c1Oc1ncccc1-c1ccnc(N[C@H]2CCCN(C(=O)OC(C)(C)C)C2)n1. The van der Waals surface area contributed by atoms with Crippen LogP contribution in [0.25, 0.3) is 22.0 Å². The Bertz CT molecular complexity index is 1990. The molecule has 1 saturated carbocycles. The molecule has 4 aromatic rings. The molecular weight excluding hydrogens is 633 g/mol. The van der Waals surface area contributed by atoms with Crippen LogP contribution in [0.2, 0.25) is 0 Å². The van der Waals surface area contributed by atoms with Crippen molar-refractivity contribution in [2.45, 2.75) is 77.2 Å². The lowest BCUT2D eigenvalue weighted by molar-refractivity contribution is 0.0206. The molecule has 1 N–H and O–H groups in total. The Morgan fingerprint density at radius 2 is 1.85 bits per heavy atom. The lowest BCUT2D eigenvalue weighted by Crippen LogP contribution is -2.47. The summed E-state index contributed by atoms with van der Waals surface area (Å²) in [7, 11) is -3.66. The van der Waals surface area contributed by atoms with Crippen LogP contribution in [0, 0.1) is 12.7 Å². The van der Waals surface area contributed by atoms with E-state index in [1.807, 2.05) is 33.8 Å². The van der Waals surface area contributed by atoms with Crippen LogP contribution in [0.4, 0.5) is 15.1 Å². The number of ether oxygens (including phenoxy) is 2. The number of halogens is 1. The predicted octanol–water partition coefficient (Wildman–Crippen LogP) is 7.73. The number of piperidine rings is 1. The van der Waals surface area contributed by atoms with Gasteiger partial charge in [0.25, 0.3) is 0 Å². The van der Waals surface area contributed by atoms with Crippen LogP contribution in [0.1, 0.15) is 64.0 Å². The first-order valence-electron chi connectivity index (χ1n) is 16.2. The van der Waals surface area contributed by atoms with E-state index in [4.69, 9.17) is 14.5 Å². The second-order valence-electron chi connectivity index (χ2n) is 13.4. The van der Waals surface area contributed by atoms with Gasteiger partial charge in [0.15, 0.2) is 9.84 Å². The summed E-state index contributed by atoms with van der Waals surface area (Å²) >= 11 is 0. The summed E-state index contributed by atoms with van der Waals surface area (Å²) in [5, 5.41) is 5.71. The minimum atomic E-state index is -3.66. The number of aromatic nitrogens is 3. The Morgan fingerprint density at radius 3 is 2.60 bits per heavy atom.